The molecule has 7 heteroatoms. The van der Waals surface area contributed by atoms with Crippen LogP contribution >= 0.6 is 0 Å². The molecule has 2 heterocycles. The van der Waals surface area contributed by atoms with Gasteiger partial charge in [0.15, 0.2) is 5.65 Å². The largest absolute Gasteiger partial charge is 0.405 e. The maximum atomic E-state index is 12.2. The minimum atomic E-state index is -4.26. The summed E-state index contributed by atoms with van der Waals surface area (Å²) in [4.78, 5) is 4.28. The fourth-order valence-corrected chi connectivity index (χ4v) is 1.67. The van der Waals surface area contributed by atoms with E-state index in [1.54, 1.807) is 19.9 Å². The molecule has 2 aromatic heterocycles. The Balaban J connectivity index is 2.46. The molecule has 0 aromatic carbocycles. The number of aryl methyl sites for hydroxylation is 3. The Labute approximate surface area is 102 Å². The van der Waals surface area contributed by atoms with Crippen LogP contribution < -0.4 is 5.32 Å². The van der Waals surface area contributed by atoms with Gasteiger partial charge in [-0.15, -0.1) is 0 Å². The molecule has 0 spiro atoms. The lowest BCUT2D eigenvalue weighted by Crippen LogP contribution is -2.22. The second kappa shape index (κ2) is 4.15. The van der Waals surface area contributed by atoms with Gasteiger partial charge in [-0.25, -0.2) is 4.98 Å². The van der Waals surface area contributed by atoms with Gasteiger partial charge in [0.25, 0.3) is 0 Å². The van der Waals surface area contributed by atoms with Crippen LogP contribution in [0.3, 0.4) is 0 Å². The van der Waals surface area contributed by atoms with E-state index in [2.05, 4.69) is 15.4 Å². The van der Waals surface area contributed by atoms with Gasteiger partial charge in [-0.1, -0.05) is 0 Å². The van der Waals surface area contributed by atoms with E-state index in [1.807, 2.05) is 6.92 Å². The average Bonchev–Trinajstić information content (AvgIpc) is 2.52. The highest BCUT2D eigenvalue weighted by molar-refractivity contribution is 5.55. The molecule has 0 fully saturated rings. The van der Waals surface area contributed by atoms with Crippen molar-refractivity contribution in [1.29, 1.82) is 0 Å². The van der Waals surface area contributed by atoms with Crippen molar-refractivity contribution in [3.63, 3.8) is 0 Å². The van der Waals surface area contributed by atoms with E-state index in [0.29, 0.717) is 17.2 Å². The Morgan fingerprint density at radius 2 is 1.94 bits per heavy atom. The van der Waals surface area contributed by atoms with Gasteiger partial charge < -0.3 is 5.32 Å². The third-order valence-electron chi connectivity index (χ3n) is 2.65. The van der Waals surface area contributed by atoms with Crippen LogP contribution in [0.15, 0.2) is 6.07 Å². The maximum absolute atomic E-state index is 12.2. The normalized spacial score (nSPS) is 12.1. The lowest BCUT2D eigenvalue weighted by atomic mass is 10.3. The Bertz CT molecular complexity index is 586. The molecule has 0 aliphatic heterocycles. The molecule has 98 valence electrons. The zero-order valence-corrected chi connectivity index (χ0v) is 10.3. The molecule has 0 radical (unpaired) electrons. The lowest BCUT2D eigenvalue weighted by Gasteiger charge is -2.11. The molecule has 0 bridgehead atoms. The van der Waals surface area contributed by atoms with E-state index in [4.69, 9.17) is 0 Å². The zero-order valence-electron chi connectivity index (χ0n) is 10.3. The first-order chi connectivity index (χ1) is 8.28. The smallest absolute Gasteiger partial charge is 0.361 e. The number of fused-ring (bicyclic) bond motifs is 1. The summed E-state index contributed by atoms with van der Waals surface area (Å²) in [5, 5.41) is 6.52. The number of hydrogen-bond donors (Lipinski definition) is 1. The summed E-state index contributed by atoms with van der Waals surface area (Å²) in [6.07, 6.45) is -4.26. The number of halogens is 3. The number of rotatable bonds is 2. The molecule has 0 unspecified atom stereocenters. The summed E-state index contributed by atoms with van der Waals surface area (Å²) in [6.45, 7) is 4.29. The van der Waals surface area contributed by atoms with E-state index < -0.39 is 12.7 Å². The van der Waals surface area contributed by atoms with E-state index in [9.17, 15) is 13.2 Å². The van der Waals surface area contributed by atoms with Crippen LogP contribution in [-0.4, -0.2) is 27.3 Å². The standard InChI is InChI=1S/C11H13F3N4/c1-6-4-9(15-5-11(12,13)14)18-10(16-6)7(2)8(3)17-18/h4,15H,5H2,1-3H3. The van der Waals surface area contributed by atoms with Gasteiger partial charge >= 0.3 is 6.18 Å². The summed E-state index contributed by atoms with van der Waals surface area (Å²) in [6, 6.07) is 1.55. The number of nitrogens with one attached hydrogen (secondary N) is 1. The first-order valence-corrected chi connectivity index (χ1v) is 5.42. The third-order valence-corrected chi connectivity index (χ3v) is 2.65. The van der Waals surface area contributed by atoms with Crippen LogP contribution in [0.2, 0.25) is 0 Å². The fourth-order valence-electron chi connectivity index (χ4n) is 1.67. The van der Waals surface area contributed by atoms with Gasteiger partial charge in [0.2, 0.25) is 0 Å². The minimum absolute atomic E-state index is 0.297. The number of nitrogens with zero attached hydrogens (tertiary/aromatic N) is 3. The van der Waals surface area contributed by atoms with E-state index in [-0.39, 0.29) is 0 Å². The number of aromatic nitrogens is 3. The molecular formula is C11H13F3N4. The van der Waals surface area contributed by atoms with Crippen molar-refractivity contribution in [2.24, 2.45) is 0 Å². The van der Waals surface area contributed by atoms with Crippen molar-refractivity contribution < 1.29 is 13.2 Å². The number of hydrogen-bond acceptors (Lipinski definition) is 3. The molecule has 0 aliphatic rings. The van der Waals surface area contributed by atoms with Crippen LogP contribution in [0.5, 0.6) is 0 Å². The molecule has 4 nitrogen and oxygen atoms in total. The Hall–Kier alpha value is -1.79. The van der Waals surface area contributed by atoms with E-state index in [1.165, 1.54) is 4.52 Å². The predicted octanol–water partition coefficient (Wildman–Crippen LogP) is 2.63. The fraction of sp³-hybridized carbons (Fsp3) is 0.455. The third kappa shape index (κ3) is 2.39. The van der Waals surface area contributed by atoms with Gasteiger partial charge in [0, 0.05) is 17.3 Å². The molecule has 0 atom stereocenters. The molecule has 18 heavy (non-hydrogen) atoms. The van der Waals surface area contributed by atoms with E-state index in [0.717, 1.165) is 11.3 Å². The number of alkyl halides is 3. The van der Waals surface area contributed by atoms with Crippen LogP contribution in [-0.2, 0) is 0 Å². The van der Waals surface area contributed by atoms with Crippen LogP contribution in [0.1, 0.15) is 17.0 Å². The topological polar surface area (TPSA) is 42.2 Å². The summed E-state index contributed by atoms with van der Waals surface area (Å²) in [7, 11) is 0. The van der Waals surface area contributed by atoms with Crippen LogP contribution in [0, 0.1) is 20.8 Å². The van der Waals surface area contributed by atoms with Gasteiger partial charge in [0.1, 0.15) is 12.4 Å². The number of anilines is 1. The van der Waals surface area contributed by atoms with E-state index >= 15 is 0 Å². The van der Waals surface area contributed by atoms with Crippen molar-refractivity contribution >= 4 is 11.5 Å². The van der Waals surface area contributed by atoms with Crippen molar-refractivity contribution in [3.8, 4) is 0 Å². The highest BCUT2D eigenvalue weighted by atomic mass is 19.4. The molecule has 0 amide bonds. The minimum Gasteiger partial charge on any atom is -0.361 e. The Kier molecular flexibility index (Phi) is 2.92. The lowest BCUT2D eigenvalue weighted by molar-refractivity contribution is -0.115. The summed E-state index contributed by atoms with van der Waals surface area (Å²) >= 11 is 0. The molecule has 0 aliphatic carbocycles. The summed E-state index contributed by atoms with van der Waals surface area (Å²) < 4.78 is 38.1. The van der Waals surface area contributed by atoms with Crippen LogP contribution in [0.4, 0.5) is 19.0 Å². The highest BCUT2D eigenvalue weighted by Crippen LogP contribution is 2.20. The highest BCUT2D eigenvalue weighted by Gasteiger charge is 2.27. The average molecular weight is 258 g/mol. The molecule has 2 aromatic rings. The second-order valence-electron chi connectivity index (χ2n) is 4.20. The molecular weight excluding hydrogens is 245 g/mol. The maximum Gasteiger partial charge on any atom is 0.405 e. The van der Waals surface area contributed by atoms with Crippen molar-refractivity contribution in [2.75, 3.05) is 11.9 Å². The predicted molar refractivity (Wildman–Crippen MR) is 61.7 cm³/mol. The Morgan fingerprint density at radius 3 is 2.56 bits per heavy atom. The zero-order chi connectivity index (χ0) is 13.5. The van der Waals surface area contributed by atoms with Crippen molar-refractivity contribution in [2.45, 2.75) is 26.9 Å². The monoisotopic (exact) mass is 258 g/mol. The SMILES string of the molecule is Cc1cc(NCC(F)(F)F)n2nc(C)c(C)c2n1. The molecule has 2 rings (SSSR count). The van der Waals surface area contributed by atoms with Crippen molar-refractivity contribution in [1.82, 2.24) is 14.6 Å². The first-order valence-electron chi connectivity index (χ1n) is 5.42. The quantitative estimate of drug-likeness (QED) is 0.900. The first kappa shape index (κ1) is 12.7. The second-order valence-corrected chi connectivity index (χ2v) is 4.20. The van der Waals surface area contributed by atoms with Gasteiger partial charge in [-0.05, 0) is 20.8 Å². The van der Waals surface area contributed by atoms with Gasteiger partial charge in [-0.2, -0.15) is 22.8 Å². The molecule has 0 saturated carbocycles. The summed E-state index contributed by atoms with van der Waals surface area (Å²) in [5.41, 5.74) is 2.85. The van der Waals surface area contributed by atoms with Crippen molar-refractivity contribution in [3.05, 3.63) is 23.0 Å². The molecule has 1 N–H and O–H groups in total. The van der Waals surface area contributed by atoms with Crippen LogP contribution in [0.25, 0.3) is 5.65 Å². The Morgan fingerprint density at radius 1 is 1.28 bits per heavy atom. The summed E-state index contributed by atoms with van der Waals surface area (Å²) in [5.74, 6) is 0.297. The molecule has 0 saturated heterocycles. The van der Waals surface area contributed by atoms with Gasteiger partial charge in [0.05, 0.1) is 5.69 Å². The van der Waals surface area contributed by atoms with Gasteiger partial charge in [-0.3, -0.25) is 0 Å².